The number of ether oxygens (including phenoxy) is 1. The van der Waals surface area contributed by atoms with E-state index in [2.05, 4.69) is 10.3 Å². The van der Waals surface area contributed by atoms with Crippen LogP contribution in [-0.2, 0) is 11.3 Å². The second kappa shape index (κ2) is 7.74. The molecule has 3 rings (SSSR count). The zero-order valence-corrected chi connectivity index (χ0v) is 15.1. The van der Waals surface area contributed by atoms with Gasteiger partial charge in [0.15, 0.2) is 0 Å². The van der Waals surface area contributed by atoms with Gasteiger partial charge in [-0.2, -0.15) is 0 Å². The van der Waals surface area contributed by atoms with Crippen LogP contribution in [0.2, 0.25) is 0 Å². The third-order valence-electron chi connectivity index (χ3n) is 4.14. The van der Waals surface area contributed by atoms with Gasteiger partial charge in [-0.3, -0.25) is 10.2 Å². The van der Waals surface area contributed by atoms with Crippen LogP contribution in [0.5, 0.6) is 0 Å². The van der Waals surface area contributed by atoms with Crippen LogP contribution in [-0.4, -0.2) is 24.2 Å². The zero-order valence-electron chi connectivity index (χ0n) is 15.1. The number of amides is 3. The number of carbonyl (C=O) groups excluding carboxylic acids is 2. The highest BCUT2D eigenvalue weighted by atomic mass is 16.5. The molecule has 0 aliphatic heterocycles. The standard InChI is InChI=1S/C20H20N4O3/c1-13-17-9-8-16(10-15(17)11-18(22-13)24(2)19(21)25)23-20(26)27-12-14-6-4-3-5-7-14/h3-11H,12H2,1-2H3,(H2,21,25)(H,23,26). The SMILES string of the molecule is Cc1nc(N(C)C(N)=O)cc2cc(NC(=O)OCc3ccccc3)ccc12. The Kier molecular flexibility index (Phi) is 5.21. The Labute approximate surface area is 156 Å². The van der Waals surface area contributed by atoms with Crippen LogP contribution in [0.25, 0.3) is 10.8 Å². The summed E-state index contributed by atoms with van der Waals surface area (Å²) in [6, 6.07) is 16.0. The summed E-state index contributed by atoms with van der Waals surface area (Å²) in [5.41, 5.74) is 7.56. The molecule has 0 aliphatic rings. The molecule has 0 radical (unpaired) electrons. The number of anilines is 2. The third-order valence-corrected chi connectivity index (χ3v) is 4.14. The maximum absolute atomic E-state index is 12.0. The van der Waals surface area contributed by atoms with Gasteiger partial charge in [-0.05, 0) is 36.1 Å². The highest BCUT2D eigenvalue weighted by molar-refractivity contribution is 5.96. The van der Waals surface area contributed by atoms with Gasteiger partial charge < -0.3 is 10.5 Å². The molecule has 0 saturated heterocycles. The van der Waals surface area contributed by atoms with Gasteiger partial charge in [-0.25, -0.2) is 14.6 Å². The molecule has 138 valence electrons. The molecule has 0 bridgehead atoms. The number of aromatic nitrogens is 1. The van der Waals surface area contributed by atoms with Crippen LogP contribution in [0.15, 0.2) is 54.6 Å². The molecule has 0 spiro atoms. The number of nitrogens with one attached hydrogen (secondary N) is 1. The number of hydrogen-bond donors (Lipinski definition) is 2. The molecule has 0 saturated carbocycles. The minimum atomic E-state index is -0.597. The highest BCUT2D eigenvalue weighted by Crippen LogP contribution is 2.25. The number of urea groups is 1. The number of primary amides is 1. The fourth-order valence-electron chi connectivity index (χ4n) is 2.65. The highest BCUT2D eigenvalue weighted by Gasteiger charge is 2.12. The minimum Gasteiger partial charge on any atom is -0.444 e. The number of pyridine rings is 1. The van der Waals surface area contributed by atoms with Crippen molar-refractivity contribution < 1.29 is 14.3 Å². The van der Waals surface area contributed by atoms with E-state index in [4.69, 9.17) is 10.5 Å². The van der Waals surface area contributed by atoms with Gasteiger partial charge in [0.1, 0.15) is 12.4 Å². The van der Waals surface area contributed by atoms with Gasteiger partial charge in [0.2, 0.25) is 0 Å². The molecular weight excluding hydrogens is 344 g/mol. The first-order chi connectivity index (χ1) is 12.9. The molecule has 3 aromatic rings. The minimum absolute atomic E-state index is 0.191. The summed E-state index contributed by atoms with van der Waals surface area (Å²) in [7, 11) is 1.55. The van der Waals surface area contributed by atoms with E-state index in [-0.39, 0.29) is 6.61 Å². The van der Waals surface area contributed by atoms with Crippen molar-refractivity contribution in [3.05, 3.63) is 65.9 Å². The third kappa shape index (κ3) is 4.33. The van der Waals surface area contributed by atoms with Gasteiger partial charge >= 0.3 is 12.1 Å². The fourth-order valence-corrected chi connectivity index (χ4v) is 2.65. The van der Waals surface area contributed by atoms with Crippen molar-refractivity contribution in [1.29, 1.82) is 0 Å². The Morgan fingerprint density at radius 2 is 1.89 bits per heavy atom. The molecular formula is C20H20N4O3. The number of aryl methyl sites for hydroxylation is 1. The van der Waals surface area contributed by atoms with Gasteiger partial charge in [-0.1, -0.05) is 36.4 Å². The first kappa shape index (κ1) is 18.2. The maximum atomic E-state index is 12.0. The van der Waals surface area contributed by atoms with Crippen molar-refractivity contribution in [2.75, 3.05) is 17.3 Å². The molecule has 1 heterocycles. The van der Waals surface area contributed by atoms with Crippen molar-refractivity contribution in [3.8, 4) is 0 Å². The number of rotatable bonds is 4. The monoisotopic (exact) mass is 364 g/mol. The molecule has 0 unspecified atom stereocenters. The van der Waals surface area contributed by atoms with Crippen molar-refractivity contribution >= 4 is 34.4 Å². The summed E-state index contributed by atoms with van der Waals surface area (Å²) in [6.07, 6.45) is -0.543. The van der Waals surface area contributed by atoms with Crippen molar-refractivity contribution in [3.63, 3.8) is 0 Å². The molecule has 0 atom stereocenters. The van der Waals surface area contributed by atoms with Crippen LogP contribution < -0.4 is 16.0 Å². The van der Waals surface area contributed by atoms with Crippen LogP contribution in [0.1, 0.15) is 11.3 Å². The Balaban J connectivity index is 1.76. The Morgan fingerprint density at radius 3 is 2.59 bits per heavy atom. The first-order valence-corrected chi connectivity index (χ1v) is 8.36. The smallest absolute Gasteiger partial charge is 0.411 e. The zero-order chi connectivity index (χ0) is 19.4. The maximum Gasteiger partial charge on any atom is 0.411 e. The molecule has 3 N–H and O–H groups in total. The molecule has 0 aliphatic carbocycles. The Hall–Kier alpha value is -3.61. The van der Waals surface area contributed by atoms with Crippen LogP contribution in [0.3, 0.4) is 0 Å². The number of benzene rings is 2. The van der Waals surface area contributed by atoms with E-state index in [1.54, 1.807) is 25.2 Å². The summed E-state index contributed by atoms with van der Waals surface area (Å²) in [4.78, 5) is 29.1. The van der Waals surface area contributed by atoms with Crippen LogP contribution in [0.4, 0.5) is 21.1 Å². The lowest BCUT2D eigenvalue weighted by atomic mass is 10.1. The fraction of sp³-hybridized carbons (Fsp3) is 0.150. The van der Waals surface area contributed by atoms with E-state index in [1.807, 2.05) is 43.3 Å². The van der Waals surface area contributed by atoms with E-state index >= 15 is 0 Å². The van der Waals surface area contributed by atoms with Crippen LogP contribution in [0, 0.1) is 6.92 Å². The average Bonchev–Trinajstić information content (AvgIpc) is 2.66. The number of carbonyl (C=O) groups is 2. The predicted octanol–water partition coefficient (Wildman–Crippen LogP) is 3.81. The number of fused-ring (bicyclic) bond motifs is 1. The number of hydrogen-bond acceptors (Lipinski definition) is 4. The molecule has 3 amide bonds. The summed E-state index contributed by atoms with van der Waals surface area (Å²) in [5, 5.41) is 4.45. The van der Waals surface area contributed by atoms with Gasteiger partial charge in [-0.15, -0.1) is 0 Å². The Bertz CT molecular complexity index is 989. The van der Waals surface area contributed by atoms with Crippen molar-refractivity contribution in [2.45, 2.75) is 13.5 Å². The predicted molar refractivity (Wildman–Crippen MR) is 105 cm³/mol. The Morgan fingerprint density at radius 1 is 1.15 bits per heavy atom. The van der Waals surface area contributed by atoms with E-state index in [1.165, 1.54) is 4.90 Å². The summed E-state index contributed by atoms with van der Waals surface area (Å²) in [6.45, 7) is 2.04. The van der Waals surface area contributed by atoms with Gasteiger partial charge in [0.25, 0.3) is 0 Å². The normalized spacial score (nSPS) is 10.4. The topological polar surface area (TPSA) is 97.5 Å². The van der Waals surface area contributed by atoms with Gasteiger partial charge in [0.05, 0.1) is 0 Å². The summed E-state index contributed by atoms with van der Waals surface area (Å²) in [5.74, 6) is 0.441. The van der Waals surface area contributed by atoms with Crippen LogP contribution >= 0.6 is 0 Å². The molecule has 2 aromatic carbocycles. The molecule has 0 fully saturated rings. The largest absolute Gasteiger partial charge is 0.444 e. The lowest BCUT2D eigenvalue weighted by Gasteiger charge is -2.15. The molecule has 7 heteroatoms. The number of nitrogens with two attached hydrogens (primary N) is 1. The molecule has 27 heavy (non-hydrogen) atoms. The lowest BCUT2D eigenvalue weighted by molar-refractivity contribution is 0.155. The second-order valence-corrected chi connectivity index (χ2v) is 6.09. The second-order valence-electron chi connectivity index (χ2n) is 6.09. The van der Waals surface area contributed by atoms with E-state index in [9.17, 15) is 9.59 Å². The van der Waals surface area contributed by atoms with Crippen molar-refractivity contribution in [1.82, 2.24) is 4.98 Å². The summed E-state index contributed by atoms with van der Waals surface area (Å²) < 4.78 is 5.23. The number of nitrogens with zero attached hydrogens (tertiary/aromatic N) is 2. The van der Waals surface area contributed by atoms with E-state index in [0.29, 0.717) is 11.5 Å². The van der Waals surface area contributed by atoms with Gasteiger partial charge in [0, 0.05) is 23.8 Å². The molecule has 7 nitrogen and oxygen atoms in total. The van der Waals surface area contributed by atoms with E-state index < -0.39 is 12.1 Å². The summed E-state index contributed by atoms with van der Waals surface area (Å²) >= 11 is 0. The first-order valence-electron chi connectivity index (χ1n) is 8.36. The molecule has 1 aromatic heterocycles. The average molecular weight is 364 g/mol. The van der Waals surface area contributed by atoms with E-state index in [0.717, 1.165) is 22.0 Å². The van der Waals surface area contributed by atoms with Crippen molar-refractivity contribution in [2.24, 2.45) is 5.73 Å². The quantitative estimate of drug-likeness (QED) is 0.735. The lowest BCUT2D eigenvalue weighted by Crippen LogP contribution is -2.32.